The number of hydrogen-bond donors (Lipinski definition) is 1. The Morgan fingerprint density at radius 1 is 1.42 bits per heavy atom. The molecule has 1 aromatic heterocycles. The van der Waals surface area contributed by atoms with E-state index >= 15 is 0 Å². The van der Waals surface area contributed by atoms with E-state index in [-0.39, 0.29) is 12.2 Å². The molecule has 0 spiro atoms. The fourth-order valence-electron chi connectivity index (χ4n) is 1.65. The minimum absolute atomic E-state index is 0.134. The van der Waals surface area contributed by atoms with E-state index in [0.717, 1.165) is 15.7 Å². The molecular formula is C11H13BrN4O2S. The average molecular weight is 345 g/mol. The first-order valence-electron chi connectivity index (χ1n) is 5.53. The topological polar surface area (TPSA) is 90.9 Å². The zero-order chi connectivity index (χ0) is 14.0. The molecule has 0 bridgehead atoms. The van der Waals surface area contributed by atoms with E-state index in [0.29, 0.717) is 5.69 Å². The molecule has 0 aliphatic carbocycles. The summed E-state index contributed by atoms with van der Waals surface area (Å²) < 4.78 is 24.4. The number of nitrogens with zero attached hydrogens (tertiary/aromatic N) is 3. The first-order chi connectivity index (χ1) is 8.85. The number of hydrogen-bond acceptors (Lipinski definition) is 4. The van der Waals surface area contributed by atoms with E-state index in [1.807, 2.05) is 25.1 Å². The van der Waals surface area contributed by atoms with Crippen molar-refractivity contribution in [3.63, 3.8) is 0 Å². The number of benzene rings is 1. The van der Waals surface area contributed by atoms with Crippen LogP contribution in [-0.2, 0) is 16.4 Å². The van der Waals surface area contributed by atoms with Gasteiger partial charge in [0.1, 0.15) is 0 Å². The van der Waals surface area contributed by atoms with Crippen molar-refractivity contribution < 1.29 is 8.42 Å². The highest BCUT2D eigenvalue weighted by molar-refractivity contribution is 9.10. The van der Waals surface area contributed by atoms with Crippen LogP contribution in [-0.4, -0.2) is 29.2 Å². The van der Waals surface area contributed by atoms with Crippen LogP contribution >= 0.6 is 15.9 Å². The third-order valence-electron chi connectivity index (χ3n) is 2.59. The molecule has 0 atom stereocenters. The van der Waals surface area contributed by atoms with Crippen molar-refractivity contribution in [2.24, 2.45) is 5.14 Å². The highest BCUT2D eigenvalue weighted by Gasteiger charge is 2.09. The van der Waals surface area contributed by atoms with E-state index in [2.05, 4.69) is 26.2 Å². The number of halogens is 1. The second kappa shape index (κ2) is 5.40. The van der Waals surface area contributed by atoms with E-state index in [9.17, 15) is 8.42 Å². The SMILES string of the molecule is Cc1cc(Br)ccc1-n1cc(CCS(N)(=O)=O)nn1. The molecule has 19 heavy (non-hydrogen) atoms. The van der Waals surface area contributed by atoms with E-state index in [1.165, 1.54) is 0 Å². The Bertz CT molecular complexity index is 696. The van der Waals surface area contributed by atoms with Crippen LogP contribution < -0.4 is 5.14 Å². The monoisotopic (exact) mass is 344 g/mol. The quantitative estimate of drug-likeness (QED) is 0.901. The summed E-state index contributed by atoms with van der Waals surface area (Å²) in [7, 11) is -3.47. The smallest absolute Gasteiger partial charge is 0.209 e. The molecule has 0 saturated carbocycles. The molecule has 0 saturated heterocycles. The predicted molar refractivity (Wildman–Crippen MR) is 75.5 cm³/mol. The lowest BCUT2D eigenvalue weighted by Gasteiger charge is -2.04. The highest BCUT2D eigenvalue weighted by atomic mass is 79.9. The minimum atomic E-state index is -3.47. The molecule has 8 heteroatoms. The summed E-state index contributed by atoms with van der Waals surface area (Å²) >= 11 is 3.39. The van der Waals surface area contributed by atoms with Gasteiger partial charge in [0.25, 0.3) is 0 Å². The standard InChI is InChI=1S/C11H13BrN4O2S/c1-8-6-9(12)2-3-11(8)16-7-10(14-15-16)4-5-19(13,17)18/h2-3,6-7H,4-5H2,1H3,(H2,13,17,18). The van der Waals surface area contributed by atoms with Crippen LogP contribution in [0.15, 0.2) is 28.9 Å². The highest BCUT2D eigenvalue weighted by Crippen LogP contribution is 2.18. The van der Waals surface area contributed by atoms with E-state index in [1.54, 1.807) is 10.9 Å². The van der Waals surface area contributed by atoms with Crippen LogP contribution in [0.1, 0.15) is 11.3 Å². The lowest BCUT2D eigenvalue weighted by molar-refractivity contribution is 0.596. The van der Waals surface area contributed by atoms with Gasteiger partial charge in [-0.15, -0.1) is 5.10 Å². The van der Waals surface area contributed by atoms with E-state index in [4.69, 9.17) is 5.14 Å². The maximum absolute atomic E-state index is 10.9. The summed E-state index contributed by atoms with van der Waals surface area (Å²) in [5.41, 5.74) is 2.53. The molecule has 1 aromatic carbocycles. The molecule has 0 unspecified atom stereocenters. The number of primary sulfonamides is 1. The van der Waals surface area contributed by atoms with Gasteiger partial charge >= 0.3 is 0 Å². The summed E-state index contributed by atoms with van der Waals surface area (Å²) in [5, 5.41) is 12.9. The third-order valence-corrected chi connectivity index (χ3v) is 3.86. The Morgan fingerprint density at radius 3 is 2.79 bits per heavy atom. The summed E-state index contributed by atoms with van der Waals surface area (Å²) in [4.78, 5) is 0. The van der Waals surface area contributed by atoms with Crippen LogP contribution in [0.5, 0.6) is 0 Å². The molecule has 0 aliphatic rings. The second-order valence-corrected chi connectivity index (χ2v) is 6.85. The van der Waals surface area contributed by atoms with Crippen LogP contribution in [0.25, 0.3) is 5.69 Å². The molecule has 2 rings (SSSR count). The Kier molecular flexibility index (Phi) is 4.02. The molecule has 2 aromatic rings. The Labute approximate surface area is 119 Å². The van der Waals surface area contributed by atoms with Gasteiger partial charge in [-0.1, -0.05) is 21.1 Å². The van der Waals surface area contributed by atoms with Gasteiger partial charge < -0.3 is 0 Å². The van der Waals surface area contributed by atoms with Crippen molar-refractivity contribution in [3.05, 3.63) is 40.1 Å². The van der Waals surface area contributed by atoms with Crippen LogP contribution in [0.4, 0.5) is 0 Å². The fraction of sp³-hybridized carbons (Fsp3) is 0.273. The predicted octanol–water partition coefficient (Wildman–Crippen LogP) is 1.17. The first-order valence-corrected chi connectivity index (χ1v) is 8.04. The van der Waals surface area contributed by atoms with Gasteiger partial charge in [0, 0.05) is 10.9 Å². The van der Waals surface area contributed by atoms with Gasteiger partial charge in [0.15, 0.2) is 0 Å². The Balaban J connectivity index is 2.21. The number of rotatable bonds is 4. The van der Waals surface area contributed by atoms with Crippen molar-refractivity contribution in [1.29, 1.82) is 0 Å². The van der Waals surface area contributed by atoms with Crippen molar-refractivity contribution in [2.45, 2.75) is 13.3 Å². The minimum Gasteiger partial charge on any atom is -0.229 e. The van der Waals surface area contributed by atoms with Crippen molar-refractivity contribution in [2.75, 3.05) is 5.75 Å². The van der Waals surface area contributed by atoms with Gasteiger partial charge in [-0.05, 0) is 30.7 Å². The molecule has 0 amide bonds. The fourth-order valence-corrected chi connectivity index (χ4v) is 2.62. The zero-order valence-corrected chi connectivity index (χ0v) is 12.6. The maximum atomic E-state index is 10.9. The number of aryl methyl sites for hydroxylation is 2. The summed E-state index contributed by atoms with van der Waals surface area (Å²) in [6.45, 7) is 1.96. The summed E-state index contributed by atoms with van der Waals surface area (Å²) in [6, 6.07) is 5.80. The van der Waals surface area contributed by atoms with Crippen LogP contribution in [0, 0.1) is 6.92 Å². The molecular weight excluding hydrogens is 332 g/mol. The zero-order valence-electron chi connectivity index (χ0n) is 10.2. The number of nitrogens with two attached hydrogens (primary N) is 1. The van der Waals surface area contributed by atoms with Gasteiger partial charge in [-0.2, -0.15) is 0 Å². The van der Waals surface area contributed by atoms with Crippen LogP contribution in [0.3, 0.4) is 0 Å². The lowest BCUT2D eigenvalue weighted by atomic mass is 10.2. The molecule has 0 fully saturated rings. The normalized spacial score (nSPS) is 11.7. The van der Waals surface area contributed by atoms with Gasteiger partial charge in [-0.25, -0.2) is 18.2 Å². The van der Waals surface area contributed by atoms with E-state index < -0.39 is 10.0 Å². The molecule has 0 aliphatic heterocycles. The molecule has 0 radical (unpaired) electrons. The molecule has 102 valence electrons. The van der Waals surface area contributed by atoms with Crippen molar-refractivity contribution >= 4 is 26.0 Å². The summed E-state index contributed by atoms with van der Waals surface area (Å²) in [6.07, 6.45) is 1.97. The molecule has 2 N–H and O–H groups in total. The summed E-state index contributed by atoms with van der Waals surface area (Å²) in [5.74, 6) is -0.134. The number of sulfonamides is 1. The van der Waals surface area contributed by atoms with Crippen molar-refractivity contribution in [3.8, 4) is 5.69 Å². The maximum Gasteiger partial charge on any atom is 0.209 e. The largest absolute Gasteiger partial charge is 0.229 e. The van der Waals surface area contributed by atoms with Crippen molar-refractivity contribution in [1.82, 2.24) is 15.0 Å². The number of aromatic nitrogens is 3. The van der Waals surface area contributed by atoms with Gasteiger partial charge in [0.05, 0.1) is 23.3 Å². The van der Waals surface area contributed by atoms with Gasteiger partial charge in [0.2, 0.25) is 10.0 Å². The third kappa shape index (κ3) is 3.85. The average Bonchev–Trinajstić information content (AvgIpc) is 2.74. The second-order valence-electron chi connectivity index (χ2n) is 4.20. The van der Waals surface area contributed by atoms with Crippen LogP contribution in [0.2, 0.25) is 0 Å². The molecule has 6 nitrogen and oxygen atoms in total. The van der Waals surface area contributed by atoms with Gasteiger partial charge in [-0.3, -0.25) is 0 Å². The lowest BCUT2D eigenvalue weighted by Crippen LogP contribution is -2.18. The molecule has 1 heterocycles. The Hall–Kier alpha value is -1.25. The Morgan fingerprint density at radius 2 is 2.16 bits per heavy atom. The first kappa shape index (κ1) is 14.2.